The van der Waals surface area contributed by atoms with Crippen molar-refractivity contribution in [3.05, 3.63) is 63.2 Å². The van der Waals surface area contributed by atoms with Gasteiger partial charge in [-0.25, -0.2) is 8.42 Å². The van der Waals surface area contributed by atoms with Crippen LogP contribution < -0.4 is 0 Å². The first kappa shape index (κ1) is 16.3. The zero-order chi connectivity index (χ0) is 15.7. The third-order valence-electron chi connectivity index (χ3n) is 3.63. The highest BCUT2D eigenvalue weighted by molar-refractivity contribution is 14.1. The fourth-order valence-electron chi connectivity index (χ4n) is 2.44. The van der Waals surface area contributed by atoms with Crippen LogP contribution in [0.3, 0.4) is 0 Å². The van der Waals surface area contributed by atoms with E-state index in [1.54, 1.807) is 28.2 Å². The second-order valence-corrected chi connectivity index (χ2v) is 9.53. The number of benzene rings is 2. The van der Waals surface area contributed by atoms with Crippen molar-refractivity contribution in [2.45, 2.75) is 17.2 Å². The van der Waals surface area contributed by atoms with Crippen LogP contribution in [0.15, 0.2) is 53.4 Å². The minimum atomic E-state index is -3.45. The highest BCUT2D eigenvalue weighted by Gasteiger charge is 2.36. The molecule has 1 aliphatic heterocycles. The minimum absolute atomic E-state index is 0.134. The van der Waals surface area contributed by atoms with E-state index in [9.17, 15) is 8.42 Å². The van der Waals surface area contributed by atoms with Crippen LogP contribution >= 0.6 is 34.4 Å². The summed E-state index contributed by atoms with van der Waals surface area (Å²) in [5.74, 6) is 0.822. The zero-order valence-corrected chi connectivity index (χ0v) is 15.9. The van der Waals surface area contributed by atoms with Gasteiger partial charge >= 0.3 is 0 Å². The Bertz CT molecular complexity index is 758. The topological polar surface area (TPSA) is 37.4 Å². The van der Waals surface area contributed by atoms with E-state index in [-0.39, 0.29) is 5.37 Å². The lowest BCUT2D eigenvalue weighted by Crippen LogP contribution is -2.30. The molecule has 0 radical (unpaired) electrons. The third-order valence-corrected chi connectivity index (χ3v) is 7.62. The molecule has 0 aromatic heterocycles. The molecule has 3 nitrogen and oxygen atoms in total. The van der Waals surface area contributed by atoms with Crippen molar-refractivity contribution in [3.8, 4) is 0 Å². The summed E-state index contributed by atoms with van der Waals surface area (Å²) in [5, 5.41) is -0.134. The molecule has 1 saturated heterocycles. The maximum Gasteiger partial charge on any atom is 0.244 e. The van der Waals surface area contributed by atoms with Crippen LogP contribution in [0.2, 0.25) is 0 Å². The average molecular weight is 445 g/mol. The van der Waals surface area contributed by atoms with Crippen LogP contribution in [0.4, 0.5) is 0 Å². The summed E-state index contributed by atoms with van der Waals surface area (Å²) in [6, 6.07) is 15.1. The molecule has 2 aromatic rings. The lowest BCUT2D eigenvalue weighted by molar-refractivity contribution is 0.434. The monoisotopic (exact) mass is 445 g/mol. The molecule has 1 atom stereocenters. The molecule has 1 aliphatic rings. The molecule has 1 heterocycles. The van der Waals surface area contributed by atoms with Crippen molar-refractivity contribution in [1.29, 1.82) is 0 Å². The lowest BCUT2D eigenvalue weighted by atomic mass is 10.1. The van der Waals surface area contributed by atoms with Gasteiger partial charge in [0, 0.05) is 15.9 Å². The van der Waals surface area contributed by atoms with Gasteiger partial charge in [-0.05, 0) is 59.3 Å². The second-order valence-electron chi connectivity index (χ2n) is 5.20. The second kappa shape index (κ2) is 6.51. The number of aryl methyl sites for hydroxylation is 1. The van der Waals surface area contributed by atoms with Gasteiger partial charge in [-0.15, -0.1) is 11.8 Å². The maximum absolute atomic E-state index is 12.9. The molecule has 6 heteroatoms. The van der Waals surface area contributed by atoms with E-state index in [1.165, 1.54) is 5.56 Å². The van der Waals surface area contributed by atoms with Gasteiger partial charge in [0.15, 0.2) is 0 Å². The summed E-state index contributed by atoms with van der Waals surface area (Å²) in [6.45, 7) is 2.59. The van der Waals surface area contributed by atoms with E-state index in [2.05, 4.69) is 22.6 Å². The molecule has 1 fully saturated rings. The van der Waals surface area contributed by atoms with E-state index < -0.39 is 10.0 Å². The van der Waals surface area contributed by atoms with Crippen LogP contribution in [-0.2, 0) is 10.0 Å². The predicted molar refractivity (Wildman–Crippen MR) is 99.4 cm³/mol. The van der Waals surface area contributed by atoms with E-state index in [1.807, 2.05) is 43.3 Å². The Labute approximate surface area is 149 Å². The molecule has 0 aliphatic carbocycles. The number of hydrogen-bond acceptors (Lipinski definition) is 3. The Kier molecular flexibility index (Phi) is 4.82. The Morgan fingerprint density at radius 3 is 2.36 bits per heavy atom. The highest BCUT2D eigenvalue weighted by atomic mass is 127. The Balaban J connectivity index is 1.95. The van der Waals surface area contributed by atoms with Crippen molar-refractivity contribution >= 4 is 44.4 Å². The van der Waals surface area contributed by atoms with Crippen LogP contribution in [0, 0.1) is 10.5 Å². The van der Waals surface area contributed by atoms with Crippen molar-refractivity contribution in [2.24, 2.45) is 0 Å². The Hall–Kier alpha value is -0.570. The van der Waals surface area contributed by atoms with Crippen LogP contribution in [0.1, 0.15) is 16.5 Å². The number of hydrogen-bond donors (Lipinski definition) is 0. The number of nitrogens with zero attached hydrogens (tertiary/aromatic N) is 1. The van der Waals surface area contributed by atoms with E-state index in [0.717, 1.165) is 14.9 Å². The van der Waals surface area contributed by atoms with Gasteiger partial charge in [-0.3, -0.25) is 0 Å². The van der Waals surface area contributed by atoms with Gasteiger partial charge in [0.25, 0.3) is 0 Å². The summed E-state index contributed by atoms with van der Waals surface area (Å²) < 4.78 is 28.5. The van der Waals surface area contributed by atoms with Gasteiger partial charge in [0.05, 0.1) is 10.3 Å². The first-order valence-corrected chi connectivity index (χ1v) is 10.5. The van der Waals surface area contributed by atoms with Crippen LogP contribution in [0.5, 0.6) is 0 Å². The van der Waals surface area contributed by atoms with Crippen LogP contribution in [-0.4, -0.2) is 25.0 Å². The molecular weight excluding hydrogens is 429 g/mol. The van der Waals surface area contributed by atoms with E-state index in [4.69, 9.17) is 0 Å². The number of halogens is 1. The van der Waals surface area contributed by atoms with Gasteiger partial charge in [-0.1, -0.05) is 29.8 Å². The average Bonchev–Trinajstić information content (AvgIpc) is 2.99. The smallest absolute Gasteiger partial charge is 0.207 e. The van der Waals surface area contributed by atoms with Crippen molar-refractivity contribution in [1.82, 2.24) is 4.31 Å². The van der Waals surface area contributed by atoms with Crippen LogP contribution in [0.25, 0.3) is 0 Å². The largest absolute Gasteiger partial charge is 0.244 e. The first-order valence-electron chi connectivity index (χ1n) is 6.94. The summed E-state index contributed by atoms with van der Waals surface area (Å²) in [4.78, 5) is 0.368. The van der Waals surface area contributed by atoms with Gasteiger partial charge < -0.3 is 0 Å². The Morgan fingerprint density at radius 2 is 1.73 bits per heavy atom. The van der Waals surface area contributed by atoms with E-state index >= 15 is 0 Å². The molecule has 116 valence electrons. The van der Waals surface area contributed by atoms with Gasteiger partial charge in [0.2, 0.25) is 10.0 Å². The number of sulfonamides is 1. The number of thioether (sulfide) groups is 1. The molecule has 2 aromatic carbocycles. The Morgan fingerprint density at radius 1 is 1.09 bits per heavy atom. The molecule has 0 N–H and O–H groups in total. The summed E-state index contributed by atoms with van der Waals surface area (Å²) >= 11 is 3.86. The molecular formula is C16H16INO2S2. The molecule has 22 heavy (non-hydrogen) atoms. The van der Waals surface area contributed by atoms with Crippen molar-refractivity contribution < 1.29 is 8.42 Å². The van der Waals surface area contributed by atoms with Crippen molar-refractivity contribution in [3.63, 3.8) is 0 Å². The standard InChI is InChI=1S/C16H16INO2S2/c1-12-2-4-13(5-3-12)16-18(10-11-21-16)22(19,20)15-8-6-14(17)7-9-15/h2-9,16H,10-11H2,1H3/t16-/m0/s1. The summed E-state index contributed by atoms with van der Waals surface area (Å²) in [6.07, 6.45) is 0. The predicted octanol–water partition coefficient (Wildman–Crippen LogP) is 4.04. The zero-order valence-electron chi connectivity index (χ0n) is 12.1. The van der Waals surface area contributed by atoms with Gasteiger partial charge in [0.1, 0.15) is 0 Å². The summed E-state index contributed by atoms with van der Waals surface area (Å²) in [5.41, 5.74) is 2.22. The minimum Gasteiger partial charge on any atom is -0.207 e. The molecule has 0 amide bonds. The lowest BCUT2D eigenvalue weighted by Gasteiger charge is -2.23. The van der Waals surface area contributed by atoms with Crippen molar-refractivity contribution in [2.75, 3.05) is 12.3 Å². The van der Waals surface area contributed by atoms with E-state index in [0.29, 0.717) is 11.4 Å². The quantitative estimate of drug-likeness (QED) is 0.670. The molecule has 0 spiro atoms. The third kappa shape index (κ3) is 3.20. The normalized spacial score (nSPS) is 19.5. The number of rotatable bonds is 3. The first-order chi connectivity index (χ1) is 10.5. The fraction of sp³-hybridized carbons (Fsp3) is 0.250. The molecule has 3 rings (SSSR count). The highest BCUT2D eigenvalue weighted by Crippen LogP contribution is 2.41. The molecule has 0 bridgehead atoms. The maximum atomic E-state index is 12.9. The SMILES string of the molecule is Cc1ccc([C@@H]2SCCN2S(=O)(=O)c2ccc(I)cc2)cc1. The molecule has 0 saturated carbocycles. The summed E-state index contributed by atoms with van der Waals surface area (Å²) in [7, 11) is -3.45. The van der Waals surface area contributed by atoms with Gasteiger partial charge in [-0.2, -0.15) is 4.31 Å². The molecule has 0 unspecified atom stereocenters. The fourth-order valence-corrected chi connectivity index (χ4v) is 6.04.